The average molecular weight is 421 g/mol. The molecule has 0 aromatic heterocycles. The summed E-state index contributed by atoms with van der Waals surface area (Å²) in [4.78, 5) is 12.9. The molecule has 1 amide bonds. The number of nitrogens with one attached hydrogen (secondary N) is 1. The molecule has 8 heteroatoms. The lowest BCUT2D eigenvalue weighted by atomic mass is 10.1. The van der Waals surface area contributed by atoms with Crippen LogP contribution in [0.5, 0.6) is 11.5 Å². The van der Waals surface area contributed by atoms with Crippen LogP contribution in [0.3, 0.4) is 0 Å². The highest BCUT2D eigenvalue weighted by molar-refractivity contribution is 7.92. The average Bonchev–Trinajstić information content (AvgIpc) is 2.70. The number of hydrogen-bond acceptors (Lipinski definition) is 5. The summed E-state index contributed by atoms with van der Waals surface area (Å²) in [5, 5.41) is 2.84. The Hall–Kier alpha value is -2.74. The van der Waals surface area contributed by atoms with Crippen molar-refractivity contribution in [2.75, 3.05) is 24.3 Å². The first kappa shape index (κ1) is 22.5. The van der Waals surface area contributed by atoms with Crippen molar-refractivity contribution in [1.82, 2.24) is 5.32 Å². The monoisotopic (exact) mass is 420 g/mol. The minimum absolute atomic E-state index is 0.289. The minimum Gasteiger partial charge on any atom is -0.497 e. The molecule has 0 aliphatic carbocycles. The third-order valence-electron chi connectivity index (χ3n) is 4.34. The summed E-state index contributed by atoms with van der Waals surface area (Å²) in [6.07, 6.45) is 1.41. The van der Waals surface area contributed by atoms with Crippen LogP contribution in [0, 0.1) is 0 Å². The van der Waals surface area contributed by atoms with Crippen LogP contribution in [-0.4, -0.2) is 40.3 Å². The van der Waals surface area contributed by atoms with Crippen LogP contribution in [0.1, 0.15) is 25.8 Å². The fraction of sp³-hybridized carbons (Fsp3) is 0.381. The van der Waals surface area contributed by atoms with Gasteiger partial charge in [-0.25, -0.2) is 8.42 Å². The van der Waals surface area contributed by atoms with Crippen LogP contribution in [0.2, 0.25) is 0 Å². The van der Waals surface area contributed by atoms with Gasteiger partial charge in [0.15, 0.2) is 0 Å². The largest absolute Gasteiger partial charge is 0.497 e. The molecule has 0 heterocycles. The zero-order valence-corrected chi connectivity index (χ0v) is 18.0. The topological polar surface area (TPSA) is 84.9 Å². The Morgan fingerprint density at radius 1 is 1.10 bits per heavy atom. The predicted octanol–water partition coefficient (Wildman–Crippen LogP) is 2.95. The Bertz CT molecular complexity index is 913. The molecular weight excluding hydrogens is 392 g/mol. The summed E-state index contributed by atoms with van der Waals surface area (Å²) in [5.74, 6) is 0.908. The van der Waals surface area contributed by atoms with Gasteiger partial charge in [0.25, 0.3) is 0 Å². The van der Waals surface area contributed by atoms with Crippen LogP contribution in [0.25, 0.3) is 0 Å². The van der Waals surface area contributed by atoms with Crippen molar-refractivity contribution in [2.24, 2.45) is 0 Å². The molecule has 0 spiro atoms. The lowest BCUT2D eigenvalue weighted by Crippen LogP contribution is -2.49. The van der Waals surface area contributed by atoms with Crippen LogP contribution < -0.4 is 19.1 Å². The van der Waals surface area contributed by atoms with Crippen LogP contribution in [-0.2, 0) is 21.4 Å². The van der Waals surface area contributed by atoms with Gasteiger partial charge in [-0.2, -0.15) is 0 Å². The summed E-state index contributed by atoms with van der Waals surface area (Å²) in [6, 6.07) is 13.2. The van der Waals surface area contributed by atoms with Crippen LogP contribution in [0.15, 0.2) is 48.5 Å². The van der Waals surface area contributed by atoms with Gasteiger partial charge in [0.2, 0.25) is 15.9 Å². The molecule has 158 valence electrons. The number of carbonyl (C=O) groups is 1. The number of ether oxygens (including phenoxy) is 2. The number of rotatable bonds is 10. The normalized spacial score (nSPS) is 12.1. The number of sulfonamides is 1. The summed E-state index contributed by atoms with van der Waals surface area (Å²) in [6.45, 7) is 4.56. The van der Waals surface area contributed by atoms with Gasteiger partial charge in [0.1, 0.15) is 17.5 Å². The molecule has 1 N–H and O–H groups in total. The van der Waals surface area contributed by atoms with Gasteiger partial charge < -0.3 is 14.8 Å². The quantitative estimate of drug-likeness (QED) is 0.639. The second kappa shape index (κ2) is 10.2. The molecule has 0 bridgehead atoms. The maximum absolute atomic E-state index is 12.9. The molecule has 0 saturated carbocycles. The molecule has 0 aliphatic heterocycles. The van der Waals surface area contributed by atoms with E-state index in [1.165, 1.54) is 7.11 Å². The highest BCUT2D eigenvalue weighted by Crippen LogP contribution is 2.26. The minimum atomic E-state index is -3.69. The molecule has 0 saturated heterocycles. The maximum Gasteiger partial charge on any atom is 0.244 e. The Labute approximate surface area is 172 Å². The van der Waals surface area contributed by atoms with E-state index in [4.69, 9.17) is 9.47 Å². The van der Waals surface area contributed by atoms with Crippen molar-refractivity contribution < 1.29 is 22.7 Å². The lowest BCUT2D eigenvalue weighted by Gasteiger charge is -2.30. The van der Waals surface area contributed by atoms with Crippen LogP contribution in [0.4, 0.5) is 5.69 Å². The Morgan fingerprint density at radius 3 is 2.34 bits per heavy atom. The van der Waals surface area contributed by atoms with Crippen LogP contribution >= 0.6 is 0 Å². The maximum atomic E-state index is 12.9. The van der Waals surface area contributed by atoms with Gasteiger partial charge in [-0.1, -0.05) is 25.1 Å². The van der Waals surface area contributed by atoms with E-state index in [2.05, 4.69) is 5.32 Å². The third-order valence-corrected chi connectivity index (χ3v) is 5.52. The lowest BCUT2D eigenvalue weighted by molar-refractivity contribution is -0.122. The second-order valence-electron chi connectivity index (χ2n) is 6.48. The van der Waals surface area contributed by atoms with Crippen molar-refractivity contribution >= 4 is 21.6 Å². The van der Waals surface area contributed by atoms with Crippen molar-refractivity contribution in [1.29, 1.82) is 0 Å². The molecule has 29 heavy (non-hydrogen) atoms. The SMILES string of the molecule is CCOc1ccc(CNC(=O)C(CC)N(c2cccc(OC)c2)S(C)(=O)=O)cc1. The summed E-state index contributed by atoms with van der Waals surface area (Å²) in [5.41, 5.74) is 1.28. The molecule has 0 radical (unpaired) electrons. The fourth-order valence-electron chi connectivity index (χ4n) is 2.99. The number of anilines is 1. The first-order valence-electron chi connectivity index (χ1n) is 9.43. The fourth-order valence-corrected chi connectivity index (χ4v) is 4.19. The molecule has 2 aromatic carbocycles. The number of benzene rings is 2. The number of amides is 1. The molecule has 1 atom stereocenters. The Balaban J connectivity index is 2.19. The summed E-state index contributed by atoms with van der Waals surface area (Å²) >= 11 is 0. The van der Waals surface area contributed by atoms with Gasteiger partial charge in [0.05, 0.1) is 25.7 Å². The molecule has 0 fully saturated rings. The molecular formula is C21H28N2O5S. The van der Waals surface area contributed by atoms with E-state index in [0.29, 0.717) is 24.5 Å². The van der Waals surface area contributed by atoms with E-state index in [1.54, 1.807) is 31.2 Å². The van der Waals surface area contributed by atoms with Crippen molar-refractivity contribution in [3.05, 3.63) is 54.1 Å². The Morgan fingerprint density at radius 2 is 1.79 bits per heavy atom. The smallest absolute Gasteiger partial charge is 0.244 e. The molecule has 2 aromatic rings. The van der Waals surface area contributed by atoms with Gasteiger partial charge in [0, 0.05) is 12.6 Å². The van der Waals surface area contributed by atoms with E-state index >= 15 is 0 Å². The molecule has 1 unspecified atom stereocenters. The first-order valence-corrected chi connectivity index (χ1v) is 11.3. The number of hydrogen-bond donors (Lipinski definition) is 1. The highest BCUT2D eigenvalue weighted by Gasteiger charge is 2.31. The summed E-state index contributed by atoms with van der Waals surface area (Å²) < 4.78 is 36.7. The van der Waals surface area contributed by atoms with Gasteiger partial charge in [-0.05, 0) is 43.2 Å². The number of nitrogens with zero attached hydrogens (tertiary/aromatic N) is 1. The zero-order chi connectivity index (χ0) is 21.4. The predicted molar refractivity (Wildman–Crippen MR) is 114 cm³/mol. The van der Waals surface area contributed by atoms with Gasteiger partial charge >= 0.3 is 0 Å². The van der Waals surface area contributed by atoms with Gasteiger partial charge in [-0.15, -0.1) is 0 Å². The summed E-state index contributed by atoms with van der Waals surface area (Å²) in [7, 11) is -2.19. The molecule has 2 rings (SSSR count). The number of methoxy groups -OCH3 is 1. The van der Waals surface area contributed by atoms with E-state index in [0.717, 1.165) is 21.9 Å². The van der Waals surface area contributed by atoms with E-state index in [9.17, 15) is 13.2 Å². The zero-order valence-electron chi connectivity index (χ0n) is 17.2. The van der Waals surface area contributed by atoms with E-state index < -0.39 is 16.1 Å². The number of carbonyl (C=O) groups excluding carboxylic acids is 1. The first-order chi connectivity index (χ1) is 13.8. The van der Waals surface area contributed by atoms with Gasteiger partial charge in [-0.3, -0.25) is 9.10 Å². The molecule has 7 nitrogen and oxygen atoms in total. The third kappa shape index (κ3) is 6.12. The van der Waals surface area contributed by atoms with E-state index in [-0.39, 0.29) is 12.5 Å². The van der Waals surface area contributed by atoms with Crippen molar-refractivity contribution in [2.45, 2.75) is 32.9 Å². The Kier molecular flexibility index (Phi) is 7.90. The standard InChI is InChI=1S/C21H28N2O5S/c1-5-20(21(24)22-15-16-10-12-18(13-11-16)28-6-2)23(29(4,25)26)17-8-7-9-19(14-17)27-3/h7-14,20H,5-6,15H2,1-4H3,(H,22,24). The van der Waals surface area contributed by atoms with Crippen molar-refractivity contribution in [3.63, 3.8) is 0 Å². The van der Waals surface area contributed by atoms with E-state index in [1.807, 2.05) is 31.2 Å². The second-order valence-corrected chi connectivity index (χ2v) is 8.34. The van der Waals surface area contributed by atoms with Crippen molar-refractivity contribution in [3.8, 4) is 11.5 Å². The molecule has 0 aliphatic rings. The highest BCUT2D eigenvalue weighted by atomic mass is 32.2.